The molecule has 2 aromatic rings. The number of aryl methyl sites for hydroxylation is 1. The Balaban J connectivity index is 0.000000704. The Hall–Kier alpha value is -1.97. The Morgan fingerprint density at radius 1 is 1.30 bits per heavy atom. The van der Waals surface area contributed by atoms with Crippen molar-refractivity contribution in [3.63, 3.8) is 0 Å². The van der Waals surface area contributed by atoms with Gasteiger partial charge in [-0.15, -0.1) is 0 Å². The summed E-state index contributed by atoms with van der Waals surface area (Å²) in [5.74, 6) is 0. The molecule has 2 amide bonds. The quantitative estimate of drug-likeness (QED) is 0.865. The lowest BCUT2D eigenvalue weighted by Gasteiger charge is -2.30. The van der Waals surface area contributed by atoms with Gasteiger partial charge in [0.15, 0.2) is 0 Å². The monoisotopic (exact) mass is 273 g/mol. The number of fused-ring (bicyclic) bond motifs is 1. The van der Waals surface area contributed by atoms with Gasteiger partial charge in [-0.2, -0.15) is 0 Å². The van der Waals surface area contributed by atoms with E-state index in [-0.39, 0.29) is 6.03 Å². The summed E-state index contributed by atoms with van der Waals surface area (Å²) >= 11 is 0. The fourth-order valence-corrected chi connectivity index (χ4v) is 2.20. The van der Waals surface area contributed by atoms with E-state index in [0.717, 1.165) is 30.7 Å². The minimum atomic E-state index is 0.0380. The normalized spacial score (nSPS) is 13.4. The maximum atomic E-state index is 11.7. The number of benzene rings is 1. The highest BCUT2D eigenvalue weighted by atomic mass is 16.2. The first kappa shape index (κ1) is 14.4. The number of aromatic amines is 1. The first-order valence-electron chi connectivity index (χ1n) is 7.33. The average Bonchev–Trinajstić information content (AvgIpc) is 2.78. The van der Waals surface area contributed by atoms with Gasteiger partial charge in [-0.05, 0) is 36.4 Å². The van der Waals surface area contributed by atoms with Crippen LogP contribution in [0, 0.1) is 6.92 Å². The van der Waals surface area contributed by atoms with Gasteiger partial charge in [0, 0.05) is 24.3 Å². The second-order valence-corrected chi connectivity index (χ2v) is 4.88. The molecule has 0 bridgehead atoms. The Bertz CT molecular complexity index is 584. The smallest absolute Gasteiger partial charge is 0.317 e. The molecule has 1 saturated heterocycles. The first-order chi connectivity index (χ1) is 9.72. The molecule has 3 rings (SSSR count). The van der Waals surface area contributed by atoms with Crippen molar-refractivity contribution in [2.75, 3.05) is 13.1 Å². The second-order valence-electron chi connectivity index (χ2n) is 4.88. The van der Waals surface area contributed by atoms with E-state index in [1.54, 1.807) is 0 Å². The summed E-state index contributed by atoms with van der Waals surface area (Å²) in [5.41, 5.74) is 3.41. The first-order valence-corrected chi connectivity index (χ1v) is 7.33. The van der Waals surface area contributed by atoms with E-state index in [1.807, 2.05) is 18.7 Å². The van der Waals surface area contributed by atoms with Gasteiger partial charge in [0.05, 0.1) is 6.54 Å². The number of urea groups is 1. The molecular formula is C16H23N3O. The van der Waals surface area contributed by atoms with Gasteiger partial charge in [-0.1, -0.05) is 26.0 Å². The number of hydrogen-bond acceptors (Lipinski definition) is 1. The summed E-state index contributed by atoms with van der Waals surface area (Å²) in [4.78, 5) is 16.8. The number of H-pyrrole nitrogens is 1. The number of amides is 2. The van der Waals surface area contributed by atoms with Gasteiger partial charge in [0.2, 0.25) is 0 Å². The molecule has 0 aliphatic carbocycles. The lowest BCUT2D eigenvalue weighted by Crippen LogP contribution is -2.47. The highest BCUT2D eigenvalue weighted by Gasteiger charge is 2.19. The van der Waals surface area contributed by atoms with Crippen molar-refractivity contribution < 1.29 is 4.79 Å². The summed E-state index contributed by atoms with van der Waals surface area (Å²) < 4.78 is 0. The van der Waals surface area contributed by atoms with E-state index in [4.69, 9.17) is 0 Å². The van der Waals surface area contributed by atoms with Crippen LogP contribution in [0.5, 0.6) is 0 Å². The summed E-state index contributed by atoms with van der Waals surface area (Å²) in [6.45, 7) is 8.41. The maximum Gasteiger partial charge on any atom is 0.317 e. The lowest BCUT2D eigenvalue weighted by molar-refractivity contribution is 0.167. The van der Waals surface area contributed by atoms with Gasteiger partial charge < -0.3 is 15.2 Å². The molecular weight excluding hydrogens is 250 g/mol. The minimum absolute atomic E-state index is 0.0380. The van der Waals surface area contributed by atoms with Crippen LogP contribution in [0.3, 0.4) is 0 Å². The van der Waals surface area contributed by atoms with Crippen molar-refractivity contribution >= 4 is 16.9 Å². The standard InChI is InChI=1S/C14H17N3O.C2H6/c1-10-3-4-11-8-12(16-13(11)7-10)9-15-14(18)17-5-2-6-17;1-2/h3-4,7-8,16H,2,5-6,9H2,1H3,(H,15,18);1-2H3. The highest BCUT2D eigenvalue weighted by molar-refractivity contribution is 5.81. The lowest BCUT2D eigenvalue weighted by atomic mass is 10.2. The maximum absolute atomic E-state index is 11.7. The number of rotatable bonds is 2. The number of hydrogen-bond donors (Lipinski definition) is 2. The Kier molecular flexibility index (Phi) is 4.66. The third-order valence-electron chi connectivity index (χ3n) is 3.41. The number of nitrogens with zero attached hydrogens (tertiary/aromatic N) is 1. The van der Waals surface area contributed by atoms with E-state index >= 15 is 0 Å². The Morgan fingerprint density at radius 3 is 2.70 bits per heavy atom. The summed E-state index contributed by atoms with van der Waals surface area (Å²) in [6.07, 6.45) is 1.12. The van der Waals surface area contributed by atoms with Gasteiger partial charge in [0.1, 0.15) is 0 Å². The van der Waals surface area contributed by atoms with E-state index in [1.165, 1.54) is 10.9 Å². The third-order valence-corrected chi connectivity index (χ3v) is 3.41. The van der Waals surface area contributed by atoms with Crippen LogP contribution in [-0.4, -0.2) is 29.0 Å². The molecule has 20 heavy (non-hydrogen) atoms. The van der Waals surface area contributed by atoms with Crippen molar-refractivity contribution in [2.24, 2.45) is 0 Å². The van der Waals surface area contributed by atoms with Crippen LogP contribution in [0.25, 0.3) is 10.9 Å². The predicted molar refractivity (Wildman–Crippen MR) is 82.8 cm³/mol. The molecule has 0 radical (unpaired) electrons. The Labute approximate surface area is 120 Å². The van der Waals surface area contributed by atoms with E-state index in [2.05, 4.69) is 41.5 Å². The number of aromatic nitrogens is 1. The molecule has 4 heteroatoms. The summed E-state index contributed by atoms with van der Waals surface area (Å²) in [6, 6.07) is 8.44. The molecule has 108 valence electrons. The third kappa shape index (κ3) is 3.13. The van der Waals surface area contributed by atoms with Crippen LogP contribution in [0.1, 0.15) is 31.5 Å². The minimum Gasteiger partial charge on any atom is -0.357 e. The fraction of sp³-hybridized carbons (Fsp3) is 0.438. The van der Waals surface area contributed by atoms with Crippen molar-refractivity contribution in [2.45, 2.75) is 33.7 Å². The van der Waals surface area contributed by atoms with Crippen LogP contribution in [-0.2, 0) is 6.54 Å². The molecule has 0 spiro atoms. The zero-order valence-electron chi connectivity index (χ0n) is 12.5. The molecule has 1 aromatic carbocycles. The van der Waals surface area contributed by atoms with Crippen molar-refractivity contribution in [3.05, 3.63) is 35.5 Å². The predicted octanol–water partition coefficient (Wildman–Crippen LogP) is 3.42. The molecule has 4 nitrogen and oxygen atoms in total. The summed E-state index contributed by atoms with van der Waals surface area (Å²) in [5, 5.41) is 4.12. The van der Waals surface area contributed by atoms with E-state index in [9.17, 15) is 4.79 Å². The number of likely N-dealkylation sites (tertiary alicyclic amines) is 1. The largest absolute Gasteiger partial charge is 0.357 e. The summed E-state index contributed by atoms with van der Waals surface area (Å²) in [7, 11) is 0. The van der Waals surface area contributed by atoms with Crippen molar-refractivity contribution in [1.29, 1.82) is 0 Å². The topological polar surface area (TPSA) is 48.1 Å². The number of carbonyl (C=O) groups excluding carboxylic acids is 1. The zero-order valence-corrected chi connectivity index (χ0v) is 12.5. The van der Waals surface area contributed by atoms with Crippen molar-refractivity contribution in [3.8, 4) is 0 Å². The SMILES string of the molecule is CC.Cc1ccc2cc(CNC(=O)N3CCC3)[nH]c2c1. The molecule has 0 saturated carbocycles. The molecule has 1 aromatic heterocycles. The Morgan fingerprint density at radius 2 is 2.05 bits per heavy atom. The van der Waals surface area contributed by atoms with Gasteiger partial charge in [-0.25, -0.2) is 4.79 Å². The molecule has 1 aliphatic heterocycles. The number of carbonyl (C=O) groups is 1. The fourth-order valence-electron chi connectivity index (χ4n) is 2.20. The van der Waals surface area contributed by atoms with E-state index < -0.39 is 0 Å². The van der Waals surface area contributed by atoms with Gasteiger partial charge in [-0.3, -0.25) is 0 Å². The molecule has 2 N–H and O–H groups in total. The molecule has 1 fully saturated rings. The van der Waals surface area contributed by atoms with Gasteiger partial charge in [0.25, 0.3) is 0 Å². The molecule has 0 unspecified atom stereocenters. The molecule has 0 atom stereocenters. The van der Waals surface area contributed by atoms with Crippen LogP contribution in [0.2, 0.25) is 0 Å². The highest BCUT2D eigenvalue weighted by Crippen LogP contribution is 2.16. The zero-order chi connectivity index (χ0) is 14.5. The second kappa shape index (κ2) is 6.46. The van der Waals surface area contributed by atoms with Gasteiger partial charge >= 0.3 is 6.03 Å². The van der Waals surface area contributed by atoms with Crippen LogP contribution >= 0.6 is 0 Å². The average molecular weight is 273 g/mol. The molecule has 1 aliphatic rings. The van der Waals surface area contributed by atoms with Crippen LogP contribution in [0.4, 0.5) is 4.79 Å². The number of nitrogens with one attached hydrogen (secondary N) is 2. The van der Waals surface area contributed by atoms with Crippen LogP contribution < -0.4 is 5.32 Å². The van der Waals surface area contributed by atoms with Crippen molar-refractivity contribution in [1.82, 2.24) is 15.2 Å². The molecule has 2 heterocycles. The van der Waals surface area contributed by atoms with E-state index in [0.29, 0.717) is 6.54 Å². The van der Waals surface area contributed by atoms with Crippen LogP contribution in [0.15, 0.2) is 24.3 Å².